The SMILES string of the molecule is CC(=O)OC1C(C)OC(OCCCC(=O)NC(C)(C)CO)C(OC(C)=O)C1OC(C)=O. The maximum absolute atomic E-state index is 12.0. The second kappa shape index (κ2) is 12.0. The Hall–Kier alpha value is -2.24. The Morgan fingerprint density at radius 3 is 1.97 bits per heavy atom. The lowest BCUT2D eigenvalue weighted by atomic mass is 9.99. The Bertz CT molecular complexity index is 650. The molecule has 0 aromatic carbocycles. The van der Waals surface area contributed by atoms with Crippen LogP contribution in [0.1, 0.15) is 54.4 Å². The zero-order valence-electron chi connectivity index (χ0n) is 18.8. The molecule has 1 aliphatic rings. The van der Waals surface area contributed by atoms with Gasteiger partial charge in [-0.05, 0) is 27.2 Å². The summed E-state index contributed by atoms with van der Waals surface area (Å²) in [5, 5.41) is 11.9. The van der Waals surface area contributed by atoms with E-state index in [4.69, 9.17) is 23.7 Å². The van der Waals surface area contributed by atoms with Gasteiger partial charge >= 0.3 is 17.9 Å². The van der Waals surface area contributed by atoms with Gasteiger partial charge in [-0.3, -0.25) is 19.2 Å². The summed E-state index contributed by atoms with van der Waals surface area (Å²) < 4.78 is 27.2. The van der Waals surface area contributed by atoms with E-state index in [2.05, 4.69) is 5.32 Å². The van der Waals surface area contributed by atoms with Gasteiger partial charge in [0.15, 0.2) is 24.6 Å². The Morgan fingerprint density at radius 2 is 1.45 bits per heavy atom. The van der Waals surface area contributed by atoms with Gasteiger partial charge < -0.3 is 34.1 Å². The van der Waals surface area contributed by atoms with Gasteiger partial charge in [-0.2, -0.15) is 0 Å². The van der Waals surface area contributed by atoms with Crippen molar-refractivity contribution in [3.63, 3.8) is 0 Å². The summed E-state index contributed by atoms with van der Waals surface area (Å²) in [6.07, 6.45) is -4.69. The monoisotopic (exact) mass is 447 g/mol. The molecule has 11 nitrogen and oxygen atoms in total. The molecule has 5 atom stereocenters. The van der Waals surface area contributed by atoms with Crippen molar-refractivity contribution < 1.29 is 48.0 Å². The van der Waals surface area contributed by atoms with Crippen molar-refractivity contribution >= 4 is 23.8 Å². The lowest BCUT2D eigenvalue weighted by molar-refractivity contribution is -0.300. The van der Waals surface area contributed by atoms with Crippen molar-refractivity contribution in [1.82, 2.24) is 5.32 Å². The largest absolute Gasteiger partial charge is 0.456 e. The van der Waals surface area contributed by atoms with E-state index in [1.165, 1.54) is 20.8 Å². The topological polar surface area (TPSA) is 147 Å². The number of hydrogen-bond donors (Lipinski definition) is 2. The van der Waals surface area contributed by atoms with Crippen LogP contribution in [0.25, 0.3) is 0 Å². The summed E-state index contributed by atoms with van der Waals surface area (Å²) in [7, 11) is 0. The highest BCUT2D eigenvalue weighted by Gasteiger charge is 2.50. The molecule has 178 valence electrons. The number of nitrogens with one attached hydrogen (secondary N) is 1. The summed E-state index contributed by atoms with van der Waals surface area (Å²) in [5.41, 5.74) is -0.733. The number of hydrogen-bond acceptors (Lipinski definition) is 10. The number of aliphatic hydroxyl groups is 1. The minimum Gasteiger partial charge on any atom is -0.456 e. The average Bonchev–Trinajstić information content (AvgIpc) is 2.63. The van der Waals surface area contributed by atoms with Crippen molar-refractivity contribution in [3.05, 3.63) is 0 Å². The van der Waals surface area contributed by atoms with Crippen LogP contribution >= 0.6 is 0 Å². The molecule has 0 saturated carbocycles. The number of carbonyl (C=O) groups excluding carboxylic acids is 4. The van der Waals surface area contributed by atoms with E-state index >= 15 is 0 Å². The first-order valence-corrected chi connectivity index (χ1v) is 10.1. The van der Waals surface area contributed by atoms with Gasteiger partial charge in [-0.15, -0.1) is 0 Å². The van der Waals surface area contributed by atoms with Crippen molar-refractivity contribution in [2.24, 2.45) is 0 Å². The molecule has 1 saturated heterocycles. The van der Waals surface area contributed by atoms with E-state index in [1.807, 2.05) is 0 Å². The third kappa shape index (κ3) is 9.19. The number of rotatable bonds is 10. The first kappa shape index (κ1) is 26.8. The van der Waals surface area contributed by atoms with Crippen molar-refractivity contribution in [2.75, 3.05) is 13.2 Å². The van der Waals surface area contributed by atoms with Gasteiger partial charge in [0.05, 0.1) is 24.9 Å². The van der Waals surface area contributed by atoms with Crippen LogP contribution in [-0.2, 0) is 42.9 Å². The molecule has 1 rings (SSSR count). The van der Waals surface area contributed by atoms with Crippen LogP contribution in [0.2, 0.25) is 0 Å². The minimum atomic E-state index is -1.18. The summed E-state index contributed by atoms with van der Waals surface area (Å²) in [4.78, 5) is 46.7. The number of carbonyl (C=O) groups is 4. The molecule has 31 heavy (non-hydrogen) atoms. The second-order valence-corrected chi connectivity index (χ2v) is 8.00. The number of esters is 3. The lowest BCUT2D eigenvalue weighted by Gasteiger charge is -2.43. The standard InChI is InChI=1S/C20H33NO10/c1-11-16(29-12(2)23)17(30-13(3)24)18(31-14(4)25)19(28-11)27-9-7-8-15(26)21-20(5,6)10-22/h11,16-19,22H,7-10H2,1-6H3,(H,21,26). The van der Waals surface area contributed by atoms with Crippen LogP contribution in [0.3, 0.4) is 0 Å². The highest BCUT2D eigenvalue weighted by molar-refractivity contribution is 5.76. The highest BCUT2D eigenvalue weighted by Crippen LogP contribution is 2.29. The molecule has 0 aromatic rings. The average molecular weight is 447 g/mol. The molecule has 0 spiro atoms. The van der Waals surface area contributed by atoms with Crippen LogP contribution in [0.4, 0.5) is 0 Å². The number of aliphatic hydroxyl groups excluding tert-OH is 1. The van der Waals surface area contributed by atoms with E-state index in [1.54, 1.807) is 20.8 Å². The van der Waals surface area contributed by atoms with E-state index in [9.17, 15) is 24.3 Å². The van der Waals surface area contributed by atoms with Gasteiger partial charge in [-0.25, -0.2) is 0 Å². The quantitative estimate of drug-likeness (QED) is 0.271. The Morgan fingerprint density at radius 1 is 0.935 bits per heavy atom. The molecular weight excluding hydrogens is 414 g/mol. The second-order valence-electron chi connectivity index (χ2n) is 8.00. The molecular formula is C20H33NO10. The normalized spacial score (nSPS) is 26.0. The summed E-state index contributed by atoms with van der Waals surface area (Å²) in [6.45, 7) is 8.42. The predicted molar refractivity (Wildman–Crippen MR) is 105 cm³/mol. The van der Waals surface area contributed by atoms with Crippen LogP contribution in [0.5, 0.6) is 0 Å². The molecule has 11 heteroatoms. The zero-order valence-corrected chi connectivity index (χ0v) is 18.8. The van der Waals surface area contributed by atoms with Gasteiger partial charge in [0, 0.05) is 27.2 Å². The van der Waals surface area contributed by atoms with Gasteiger partial charge in [0.2, 0.25) is 5.91 Å². The van der Waals surface area contributed by atoms with Crippen molar-refractivity contribution in [2.45, 2.75) is 90.6 Å². The van der Waals surface area contributed by atoms with Crippen LogP contribution < -0.4 is 5.32 Å². The summed E-state index contributed by atoms with van der Waals surface area (Å²) >= 11 is 0. The van der Waals surface area contributed by atoms with Crippen LogP contribution in [0.15, 0.2) is 0 Å². The van der Waals surface area contributed by atoms with Crippen molar-refractivity contribution in [1.29, 1.82) is 0 Å². The first-order chi connectivity index (χ1) is 14.4. The summed E-state index contributed by atoms with van der Waals surface area (Å²) in [5.74, 6) is -2.20. The third-order valence-electron chi connectivity index (χ3n) is 4.34. The molecule has 0 radical (unpaired) electrons. The molecule has 5 unspecified atom stereocenters. The fraction of sp³-hybridized carbons (Fsp3) is 0.800. The van der Waals surface area contributed by atoms with Crippen LogP contribution in [-0.4, -0.2) is 78.4 Å². The zero-order chi connectivity index (χ0) is 23.8. The molecule has 1 aliphatic heterocycles. The summed E-state index contributed by atoms with van der Waals surface area (Å²) in [6, 6.07) is 0. The number of ether oxygens (including phenoxy) is 5. The van der Waals surface area contributed by atoms with E-state index in [0.717, 1.165) is 0 Å². The molecule has 2 N–H and O–H groups in total. The minimum absolute atomic E-state index is 0.0765. The lowest BCUT2D eigenvalue weighted by Crippen LogP contribution is -2.61. The van der Waals surface area contributed by atoms with Gasteiger partial charge in [0.1, 0.15) is 0 Å². The van der Waals surface area contributed by atoms with Crippen LogP contribution in [0, 0.1) is 0 Å². The fourth-order valence-electron chi connectivity index (χ4n) is 3.02. The maximum atomic E-state index is 12.0. The smallest absolute Gasteiger partial charge is 0.303 e. The first-order valence-electron chi connectivity index (χ1n) is 10.1. The molecule has 1 heterocycles. The molecule has 0 aromatic heterocycles. The van der Waals surface area contributed by atoms with E-state index < -0.39 is 54.2 Å². The van der Waals surface area contributed by atoms with Gasteiger partial charge in [0.25, 0.3) is 0 Å². The maximum Gasteiger partial charge on any atom is 0.303 e. The highest BCUT2D eigenvalue weighted by atomic mass is 16.7. The van der Waals surface area contributed by atoms with Crippen molar-refractivity contribution in [3.8, 4) is 0 Å². The predicted octanol–water partition coefficient (Wildman–Crippen LogP) is 0.210. The van der Waals surface area contributed by atoms with E-state index in [0.29, 0.717) is 6.42 Å². The fourth-order valence-corrected chi connectivity index (χ4v) is 3.02. The molecule has 0 bridgehead atoms. The molecule has 1 fully saturated rings. The van der Waals surface area contributed by atoms with E-state index in [-0.39, 0.29) is 25.5 Å². The Labute approximate surface area is 181 Å². The Balaban J connectivity index is 2.82. The number of amides is 1. The third-order valence-corrected chi connectivity index (χ3v) is 4.34. The molecule has 0 aliphatic carbocycles. The molecule has 1 amide bonds. The van der Waals surface area contributed by atoms with Gasteiger partial charge in [-0.1, -0.05) is 0 Å². The Kier molecular flexibility index (Phi) is 10.3.